The fourth-order valence-corrected chi connectivity index (χ4v) is 2.62. The van der Waals surface area contributed by atoms with Crippen molar-refractivity contribution >= 4 is 40.7 Å². The number of hydrogen-bond acceptors (Lipinski definition) is 3. The van der Waals surface area contributed by atoms with Crippen molar-refractivity contribution in [1.29, 1.82) is 0 Å². The number of amides is 2. The van der Waals surface area contributed by atoms with Gasteiger partial charge >= 0.3 is 0 Å². The number of anilines is 1. The maximum Gasteiger partial charge on any atom is 0.279 e. The minimum absolute atomic E-state index is 0.295. The molecule has 2 amide bonds. The van der Waals surface area contributed by atoms with Crippen LogP contribution in [0.4, 0.5) is 5.69 Å². The van der Waals surface area contributed by atoms with E-state index in [1.165, 1.54) is 6.07 Å². The first-order valence-corrected chi connectivity index (χ1v) is 8.52. The molecule has 0 bridgehead atoms. The van der Waals surface area contributed by atoms with Gasteiger partial charge in [0.2, 0.25) is 0 Å². The number of rotatable bonds is 4. The third-order valence-corrected chi connectivity index (χ3v) is 4.07. The molecule has 0 aliphatic rings. The van der Waals surface area contributed by atoms with Crippen LogP contribution < -0.4 is 5.43 Å². The average molecular weight is 385 g/mol. The van der Waals surface area contributed by atoms with Gasteiger partial charge in [0.15, 0.2) is 0 Å². The Morgan fingerprint density at radius 1 is 0.692 bits per heavy atom. The van der Waals surface area contributed by atoms with Gasteiger partial charge in [-0.05, 0) is 54.6 Å². The van der Waals surface area contributed by atoms with Gasteiger partial charge in [-0.3, -0.25) is 15.0 Å². The molecule has 0 radical (unpaired) electrons. The smallest absolute Gasteiger partial charge is 0.279 e. The van der Waals surface area contributed by atoms with Gasteiger partial charge in [-0.1, -0.05) is 47.5 Å². The Labute approximate surface area is 160 Å². The predicted molar refractivity (Wildman–Crippen MR) is 103 cm³/mol. The molecule has 3 aromatic rings. The van der Waals surface area contributed by atoms with Crippen LogP contribution in [0.3, 0.4) is 0 Å². The number of imide groups is 1. The lowest BCUT2D eigenvalue weighted by Crippen LogP contribution is -2.41. The molecule has 130 valence electrons. The van der Waals surface area contributed by atoms with Crippen LogP contribution in [-0.4, -0.2) is 16.8 Å². The first-order valence-electron chi connectivity index (χ1n) is 7.76. The summed E-state index contributed by atoms with van der Waals surface area (Å²) >= 11 is 11.9. The second kappa shape index (κ2) is 8.04. The summed E-state index contributed by atoms with van der Waals surface area (Å²) in [7, 11) is 0. The molecule has 1 N–H and O–H groups in total. The highest BCUT2D eigenvalue weighted by atomic mass is 35.5. The molecule has 0 saturated heterocycles. The largest absolute Gasteiger partial charge is 0.288 e. The van der Waals surface area contributed by atoms with E-state index in [4.69, 9.17) is 23.2 Å². The van der Waals surface area contributed by atoms with Crippen LogP contribution in [0.2, 0.25) is 10.0 Å². The van der Waals surface area contributed by atoms with Crippen molar-refractivity contribution in [2.45, 2.75) is 0 Å². The summed E-state index contributed by atoms with van der Waals surface area (Å²) in [6.45, 7) is 0. The lowest BCUT2D eigenvalue weighted by molar-refractivity contribution is 0.0654. The van der Waals surface area contributed by atoms with Gasteiger partial charge in [0.25, 0.3) is 11.8 Å². The van der Waals surface area contributed by atoms with Gasteiger partial charge in [-0.15, -0.1) is 0 Å². The van der Waals surface area contributed by atoms with E-state index in [0.29, 0.717) is 26.9 Å². The minimum Gasteiger partial charge on any atom is -0.288 e. The highest BCUT2D eigenvalue weighted by molar-refractivity contribution is 6.31. The molecule has 0 unspecified atom stereocenters. The van der Waals surface area contributed by atoms with Crippen LogP contribution >= 0.6 is 23.2 Å². The number of nitrogens with zero attached hydrogens (tertiary/aromatic N) is 1. The van der Waals surface area contributed by atoms with Gasteiger partial charge in [0.05, 0.1) is 5.69 Å². The van der Waals surface area contributed by atoms with E-state index in [9.17, 15) is 9.59 Å². The van der Waals surface area contributed by atoms with E-state index in [1.807, 2.05) is 0 Å². The van der Waals surface area contributed by atoms with Crippen molar-refractivity contribution in [3.05, 3.63) is 100 Å². The zero-order chi connectivity index (χ0) is 18.5. The number of halogens is 2. The van der Waals surface area contributed by atoms with Crippen molar-refractivity contribution in [1.82, 2.24) is 5.01 Å². The molecule has 0 aromatic heterocycles. The highest BCUT2D eigenvalue weighted by Crippen LogP contribution is 2.18. The van der Waals surface area contributed by atoms with Crippen LogP contribution in [0.5, 0.6) is 0 Å². The predicted octanol–water partition coefficient (Wildman–Crippen LogP) is 5.30. The molecular weight excluding hydrogens is 371 g/mol. The number of hydrogen-bond donors (Lipinski definition) is 1. The Kier molecular flexibility index (Phi) is 5.56. The van der Waals surface area contributed by atoms with Crippen LogP contribution in [0.15, 0.2) is 78.9 Å². The summed E-state index contributed by atoms with van der Waals surface area (Å²) in [4.78, 5) is 25.8. The van der Waals surface area contributed by atoms with E-state index in [2.05, 4.69) is 5.43 Å². The van der Waals surface area contributed by atoms with Crippen molar-refractivity contribution in [3.8, 4) is 0 Å². The third-order valence-electron chi connectivity index (χ3n) is 3.58. The Balaban J connectivity index is 1.96. The van der Waals surface area contributed by atoms with E-state index in [0.717, 1.165) is 5.01 Å². The molecule has 0 spiro atoms. The standard InChI is InChI=1S/C20H14Cl2N2O2/c21-16-9-11-18(12-10-16)23-24(19(25)14-5-2-1-3-6-14)20(26)15-7-4-8-17(22)13-15/h1-13,23H. The van der Waals surface area contributed by atoms with Gasteiger partial charge in [0, 0.05) is 21.2 Å². The summed E-state index contributed by atoms with van der Waals surface area (Å²) < 4.78 is 0. The van der Waals surface area contributed by atoms with Crippen LogP contribution in [0.25, 0.3) is 0 Å². The van der Waals surface area contributed by atoms with E-state index in [-0.39, 0.29) is 0 Å². The van der Waals surface area contributed by atoms with Crippen molar-refractivity contribution in [3.63, 3.8) is 0 Å². The summed E-state index contributed by atoms with van der Waals surface area (Å²) in [5.74, 6) is -0.998. The van der Waals surface area contributed by atoms with Gasteiger partial charge in [-0.2, -0.15) is 5.01 Å². The quantitative estimate of drug-likeness (QED) is 0.490. The van der Waals surface area contributed by atoms with E-state index < -0.39 is 11.8 Å². The lowest BCUT2D eigenvalue weighted by atomic mass is 10.1. The minimum atomic E-state index is -0.517. The number of hydrazine groups is 1. The molecule has 0 atom stereocenters. The second-order valence-corrected chi connectivity index (χ2v) is 6.31. The molecule has 0 aliphatic carbocycles. The Hall–Kier alpha value is -2.82. The Morgan fingerprint density at radius 3 is 1.96 bits per heavy atom. The SMILES string of the molecule is O=C(c1ccccc1)N(Nc1ccc(Cl)cc1)C(=O)c1cccc(Cl)c1. The molecule has 3 aromatic carbocycles. The molecule has 4 nitrogen and oxygen atoms in total. The molecule has 6 heteroatoms. The molecule has 0 aliphatic heterocycles. The number of nitrogens with one attached hydrogen (secondary N) is 1. The summed E-state index contributed by atoms with van der Waals surface area (Å²) in [5.41, 5.74) is 4.08. The molecule has 0 saturated carbocycles. The average Bonchev–Trinajstić information content (AvgIpc) is 2.67. The van der Waals surface area contributed by atoms with Gasteiger partial charge < -0.3 is 0 Å². The zero-order valence-electron chi connectivity index (χ0n) is 13.5. The summed E-state index contributed by atoms with van der Waals surface area (Å²) in [6, 6.07) is 21.7. The fourth-order valence-electron chi connectivity index (χ4n) is 2.31. The second-order valence-electron chi connectivity index (χ2n) is 5.44. The Morgan fingerprint density at radius 2 is 1.31 bits per heavy atom. The monoisotopic (exact) mass is 384 g/mol. The van der Waals surface area contributed by atoms with Crippen molar-refractivity contribution in [2.75, 3.05) is 5.43 Å². The van der Waals surface area contributed by atoms with Gasteiger partial charge in [0.1, 0.15) is 0 Å². The summed E-state index contributed by atoms with van der Waals surface area (Å²) in [6.07, 6.45) is 0. The molecular formula is C20H14Cl2N2O2. The lowest BCUT2D eigenvalue weighted by Gasteiger charge is -2.23. The van der Waals surface area contributed by atoms with Crippen LogP contribution in [-0.2, 0) is 0 Å². The molecule has 0 heterocycles. The first kappa shape index (κ1) is 18.0. The van der Waals surface area contributed by atoms with Crippen LogP contribution in [0.1, 0.15) is 20.7 Å². The van der Waals surface area contributed by atoms with Crippen molar-refractivity contribution in [2.24, 2.45) is 0 Å². The maximum atomic E-state index is 12.9. The summed E-state index contributed by atoms with van der Waals surface area (Å²) in [5, 5.41) is 1.93. The first-order chi connectivity index (χ1) is 12.5. The molecule has 26 heavy (non-hydrogen) atoms. The third kappa shape index (κ3) is 4.23. The zero-order valence-corrected chi connectivity index (χ0v) is 15.0. The van der Waals surface area contributed by atoms with E-state index in [1.54, 1.807) is 72.8 Å². The van der Waals surface area contributed by atoms with Gasteiger partial charge in [-0.25, -0.2) is 0 Å². The topological polar surface area (TPSA) is 49.4 Å². The number of carbonyl (C=O) groups is 2. The molecule has 0 fully saturated rings. The van der Waals surface area contributed by atoms with Crippen molar-refractivity contribution < 1.29 is 9.59 Å². The normalized spacial score (nSPS) is 10.2. The highest BCUT2D eigenvalue weighted by Gasteiger charge is 2.24. The number of carbonyl (C=O) groups excluding carboxylic acids is 2. The fraction of sp³-hybridized carbons (Fsp3) is 0. The number of benzene rings is 3. The molecule has 3 rings (SSSR count). The van der Waals surface area contributed by atoms with Crippen LogP contribution in [0, 0.1) is 0 Å². The Bertz CT molecular complexity index is 928. The maximum absolute atomic E-state index is 12.9. The van der Waals surface area contributed by atoms with E-state index >= 15 is 0 Å².